The van der Waals surface area contributed by atoms with E-state index in [0.717, 1.165) is 31.2 Å². The molecule has 0 fully saturated rings. The Labute approximate surface area is 236 Å². The first-order valence-corrected chi connectivity index (χ1v) is 13.9. The van der Waals surface area contributed by atoms with Crippen molar-refractivity contribution in [3.05, 3.63) is 23.8 Å². The van der Waals surface area contributed by atoms with Crippen LogP contribution in [0.1, 0.15) is 71.8 Å². The molecule has 0 aromatic heterocycles. The number of ether oxygens (including phenoxy) is 3. The molecule has 1 amide bonds. The van der Waals surface area contributed by atoms with Gasteiger partial charge in [0.05, 0.1) is 19.3 Å². The molecule has 0 saturated heterocycles. The molecule has 1 aromatic rings. The predicted octanol–water partition coefficient (Wildman–Crippen LogP) is 4.12. The van der Waals surface area contributed by atoms with Crippen LogP contribution in [-0.2, 0) is 16.0 Å². The van der Waals surface area contributed by atoms with Crippen molar-refractivity contribution in [2.45, 2.75) is 84.8 Å². The van der Waals surface area contributed by atoms with E-state index >= 15 is 0 Å². The van der Waals surface area contributed by atoms with Crippen molar-refractivity contribution < 1.29 is 29.2 Å². The highest BCUT2D eigenvalue weighted by Crippen LogP contribution is 2.32. The second-order valence-corrected chi connectivity index (χ2v) is 10.4. The van der Waals surface area contributed by atoms with Crippen LogP contribution in [0, 0.1) is 17.8 Å². The number of aliphatic hydroxyl groups excluding tert-OH is 2. The number of nitrogens with one attached hydrogen (secondary N) is 1. The van der Waals surface area contributed by atoms with Crippen molar-refractivity contribution >= 4 is 18.3 Å². The number of nitrogens with two attached hydrogens (primary N) is 1. The van der Waals surface area contributed by atoms with Gasteiger partial charge in [-0.1, -0.05) is 40.2 Å². The van der Waals surface area contributed by atoms with E-state index in [0.29, 0.717) is 63.0 Å². The lowest BCUT2D eigenvalue weighted by Gasteiger charge is -2.28. The number of carbonyl (C=O) groups excluding carboxylic acids is 1. The fraction of sp³-hybridized carbons (Fsp3) is 0.759. The summed E-state index contributed by atoms with van der Waals surface area (Å²) in [5.74, 6) is 1.64. The number of hydrogen-bond donors (Lipinski definition) is 4. The average Bonchev–Trinajstić information content (AvgIpc) is 2.87. The molecule has 0 unspecified atom stereocenters. The fourth-order valence-corrected chi connectivity index (χ4v) is 4.15. The molecule has 0 saturated carbocycles. The van der Waals surface area contributed by atoms with Gasteiger partial charge in [-0.15, -0.1) is 12.4 Å². The van der Waals surface area contributed by atoms with E-state index in [9.17, 15) is 9.90 Å². The summed E-state index contributed by atoms with van der Waals surface area (Å²) in [4.78, 5) is 12.3. The Morgan fingerprint density at radius 1 is 1.03 bits per heavy atom. The fourth-order valence-electron chi connectivity index (χ4n) is 4.15. The van der Waals surface area contributed by atoms with Crippen LogP contribution in [0.5, 0.6) is 11.5 Å². The number of aliphatic hydroxyl groups is 2. The molecule has 0 aliphatic carbocycles. The second-order valence-electron chi connectivity index (χ2n) is 10.4. The summed E-state index contributed by atoms with van der Waals surface area (Å²) in [6.07, 6.45) is 4.36. The third-order valence-corrected chi connectivity index (χ3v) is 6.70. The Morgan fingerprint density at radius 2 is 1.71 bits per heavy atom. The summed E-state index contributed by atoms with van der Waals surface area (Å²) >= 11 is 0. The molecule has 38 heavy (non-hydrogen) atoms. The average molecular weight is 561 g/mol. The Bertz CT molecular complexity index is 752. The lowest BCUT2D eigenvalue weighted by atomic mass is 9.82. The lowest BCUT2D eigenvalue weighted by Crippen LogP contribution is -2.41. The van der Waals surface area contributed by atoms with Gasteiger partial charge in [-0.3, -0.25) is 4.79 Å². The van der Waals surface area contributed by atoms with Gasteiger partial charge >= 0.3 is 0 Å². The van der Waals surface area contributed by atoms with Crippen molar-refractivity contribution in [2.24, 2.45) is 23.5 Å². The van der Waals surface area contributed by atoms with Gasteiger partial charge in [0.1, 0.15) is 0 Å². The zero-order valence-electron chi connectivity index (χ0n) is 24.1. The van der Waals surface area contributed by atoms with Crippen LogP contribution in [0.2, 0.25) is 0 Å². The molecule has 0 aliphatic rings. The third-order valence-electron chi connectivity index (χ3n) is 6.70. The minimum Gasteiger partial charge on any atom is -0.490 e. The zero-order chi connectivity index (χ0) is 27.6. The maximum absolute atomic E-state index is 12.3. The van der Waals surface area contributed by atoms with Crippen molar-refractivity contribution in [1.82, 2.24) is 5.32 Å². The molecule has 222 valence electrons. The van der Waals surface area contributed by atoms with Crippen LogP contribution in [0.25, 0.3) is 0 Å². The van der Waals surface area contributed by atoms with E-state index in [1.54, 1.807) is 7.11 Å². The smallest absolute Gasteiger partial charge is 0.222 e. The molecule has 0 radical (unpaired) electrons. The summed E-state index contributed by atoms with van der Waals surface area (Å²) in [6, 6.07) is 5.56. The monoisotopic (exact) mass is 560 g/mol. The van der Waals surface area contributed by atoms with E-state index < -0.39 is 12.1 Å². The number of unbranched alkanes of at least 4 members (excludes halogenated alkanes) is 1. The van der Waals surface area contributed by atoms with Gasteiger partial charge in [-0.2, -0.15) is 0 Å². The topological polar surface area (TPSA) is 123 Å². The van der Waals surface area contributed by atoms with Crippen LogP contribution in [-0.4, -0.2) is 68.3 Å². The molecule has 0 heterocycles. The number of methoxy groups -OCH3 is 1. The molecule has 9 heteroatoms. The SMILES string of the molecule is CCCCNC(=O)[C@H](C)C[C@H](O)[C@@H](N)C[C@H](Cc1ccc(OCCCO)c(OCCCOC)c1)C(C)C.Cl. The standard InChI is InChI=1S/C29H52N2O6.ClH/c1-6-7-12-31-29(34)22(4)17-26(33)25(30)20-24(21(2)3)18-23-10-11-27(36-15-8-13-32)28(19-23)37-16-9-14-35-5;/h10-11,19,21-22,24-26,32-33H,6-9,12-18,20,30H2,1-5H3,(H,31,34);1H/t22-,24+,25+,26+;/m1./s1. The lowest BCUT2D eigenvalue weighted by molar-refractivity contribution is -0.125. The first kappa shape index (κ1) is 36.4. The number of halogens is 1. The molecule has 5 N–H and O–H groups in total. The number of hydrogen-bond acceptors (Lipinski definition) is 7. The summed E-state index contributed by atoms with van der Waals surface area (Å²) in [6.45, 7) is 10.6. The first-order chi connectivity index (χ1) is 17.7. The summed E-state index contributed by atoms with van der Waals surface area (Å²) < 4.78 is 16.9. The van der Waals surface area contributed by atoms with Crippen molar-refractivity contribution in [1.29, 1.82) is 0 Å². The number of rotatable bonds is 21. The van der Waals surface area contributed by atoms with Gasteiger partial charge in [-0.25, -0.2) is 0 Å². The van der Waals surface area contributed by atoms with Gasteiger partial charge in [0.25, 0.3) is 0 Å². The maximum Gasteiger partial charge on any atom is 0.222 e. The van der Waals surface area contributed by atoms with Crippen molar-refractivity contribution in [3.8, 4) is 11.5 Å². The van der Waals surface area contributed by atoms with Gasteiger partial charge < -0.3 is 35.5 Å². The van der Waals surface area contributed by atoms with E-state index in [-0.39, 0.29) is 36.8 Å². The van der Waals surface area contributed by atoms with Gasteiger partial charge in [0, 0.05) is 51.7 Å². The second kappa shape index (κ2) is 21.3. The van der Waals surface area contributed by atoms with Crippen LogP contribution >= 0.6 is 12.4 Å². The van der Waals surface area contributed by atoms with Crippen molar-refractivity contribution in [2.75, 3.05) is 40.1 Å². The molecule has 0 bridgehead atoms. The molecular formula is C29H53ClN2O6. The quantitative estimate of drug-likeness (QED) is 0.167. The highest BCUT2D eigenvalue weighted by atomic mass is 35.5. The highest BCUT2D eigenvalue weighted by Gasteiger charge is 2.26. The Balaban J connectivity index is 0.0000137. The first-order valence-electron chi connectivity index (χ1n) is 13.9. The molecule has 1 rings (SSSR count). The largest absolute Gasteiger partial charge is 0.490 e. The van der Waals surface area contributed by atoms with Crippen LogP contribution in [0.4, 0.5) is 0 Å². The zero-order valence-corrected chi connectivity index (χ0v) is 24.9. The molecule has 0 spiro atoms. The normalized spacial score (nSPS) is 14.3. The van der Waals surface area contributed by atoms with Gasteiger partial charge in [0.2, 0.25) is 5.91 Å². The summed E-state index contributed by atoms with van der Waals surface area (Å²) in [5, 5.41) is 22.8. The Kier molecular flexibility index (Phi) is 20.4. The Hall–Kier alpha value is -1.58. The molecule has 0 aliphatic heterocycles. The van der Waals surface area contributed by atoms with E-state index in [1.807, 2.05) is 25.1 Å². The van der Waals surface area contributed by atoms with Crippen molar-refractivity contribution in [3.63, 3.8) is 0 Å². The van der Waals surface area contributed by atoms with E-state index in [4.69, 9.17) is 25.1 Å². The van der Waals surface area contributed by atoms with Crippen LogP contribution < -0.4 is 20.5 Å². The number of amides is 1. The molecule has 1 aromatic carbocycles. The van der Waals surface area contributed by atoms with Gasteiger partial charge in [0.15, 0.2) is 11.5 Å². The molecular weight excluding hydrogens is 508 g/mol. The molecule has 8 nitrogen and oxygen atoms in total. The predicted molar refractivity (Wildman–Crippen MR) is 155 cm³/mol. The van der Waals surface area contributed by atoms with E-state index in [2.05, 4.69) is 26.1 Å². The minimum atomic E-state index is -0.741. The van der Waals surface area contributed by atoms with Gasteiger partial charge in [-0.05, 0) is 55.2 Å². The summed E-state index contributed by atoms with van der Waals surface area (Å²) in [5.41, 5.74) is 7.55. The minimum absolute atomic E-state index is 0. The summed E-state index contributed by atoms with van der Waals surface area (Å²) in [7, 11) is 1.67. The van der Waals surface area contributed by atoms with Crippen LogP contribution in [0.3, 0.4) is 0 Å². The molecule has 4 atom stereocenters. The number of benzene rings is 1. The number of carbonyl (C=O) groups is 1. The van der Waals surface area contributed by atoms with E-state index in [1.165, 1.54) is 0 Å². The maximum atomic E-state index is 12.3. The Morgan fingerprint density at radius 3 is 2.34 bits per heavy atom. The third kappa shape index (κ3) is 14.5. The highest BCUT2D eigenvalue weighted by molar-refractivity contribution is 5.85. The van der Waals surface area contributed by atoms with Crippen LogP contribution in [0.15, 0.2) is 18.2 Å².